The lowest BCUT2D eigenvalue weighted by molar-refractivity contribution is -0.384. The van der Waals surface area contributed by atoms with Crippen LogP contribution in [0.1, 0.15) is 54.1 Å². The quantitative estimate of drug-likeness (QED) is 0.307. The second kappa shape index (κ2) is 10.9. The monoisotopic (exact) mass is 487 g/mol. The number of likely N-dealkylation sites (tertiary alicyclic amines) is 1. The molecule has 1 fully saturated rings. The molecule has 36 heavy (non-hydrogen) atoms. The molecule has 1 heterocycles. The maximum absolute atomic E-state index is 13.0. The first-order valence-corrected chi connectivity index (χ1v) is 12.4. The van der Waals surface area contributed by atoms with Gasteiger partial charge in [0.1, 0.15) is 5.75 Å². The highest BCUT2D eigenvalue weighted by Gasteiger charge is 2.25. The largest absolute Gasteiger partial charge is 0.496 e. The number of aryl methyl sites for hydroxylation is 1. The first kappa shape index (κ1) is 25.4. The zero-order valence-corrected chi connectivity index (χ0v) is 21.3. The molecule has 7 nitrogen and oxygen atoms in total. The van der Waals surface area contributed by atoms with Gasteiger partial charge in [0, 0.05) is 23.4 Å². The standard InChI is InChI=1S/C29H33N3O4/c1-19(2)31-15-13-22(14-16-31)26-18-24(10-12-28(26)36-4)30-29(33)23-8-6-21(7-9-23)25-11-5-20(3)17-27(25)32(34)35/h5-12,17-19,22H,13-16H2,1-4H3,(H,30,33). The molecule has 1 saturated heterocycles. The number of nitro benzene ring substituents is 1. The number of anilines is 1. The molecule has 1 N–H and O–H groups in total. The van der Waals surface area contributed by atoms with E-state index in [9.17, 15) is 14.9 Å². The molecule has 7 heteroatoms. The Hall–Kier alpha value is -3.71. The Morgan fingerprint density at radius 2 is 1.75 bits per heavy atom. The van der Waals surface area contributed by atoms with E-state index >= 15 is 0 Å². The molecule has 1 amide bonds. The van der Waals surface area contributed by atoms with E-state index in [0.717, 1.165) is 48.5 Å². The molecule has 0 aromatic heterocycles. The number of benzene rings is 3. The van der Waals surface area contributed by atoms with Gasteiger partial charge >= 0.3 is 0 Å². The van der Waals surface area contributed by atoms with E-state index in [-0.39, 0.29) is 16.5 Å². The third-order valence-electron chi connectivity index (χ3n) is 7.00. The first-order valence-electron chi connectivity index (χ1n) is 12.4. The van der Waals surface area contributed by atoms with E-state index in [0.29, 0.717) is 28.7 Å². The summed E-state index contributed by atoms with van der Waals surface area (Å²) in [7, 11) is 1.68. The second-order valence-electron chi connectivity index (χ2n) is 9.67. The number of piperidine rings is 1. The van der Waals surface area contributed by atoms with Crippen LogP contribution in [0.25, 0.3) is 11.1 Å². The van der Waals surface area contributed by atoms with Crippen LogP contribution in [0.2, 0.25) is 0 Å². The molecule has 3 aromatic rings. The van der Waals surface area contributed by atoms with Gasteiger partial charge in [-0.2, -0.15) is 0 Å². The SMILES string of the molecule is COc1ccc(NC(=O)c2ccc(-c3ccc(C)cc3[N+](=O)[O-])cc2)cc1C1CCN(C(C)C)CC1. The first-order chi connectivity index (χ1) is 17.3. The summed E-state index contributed by atoms with van der Waals surface area (Å²) in [4.78, 5) is 26.6. The number of hydrogen-bond donors (Lipinski definition) is 1. The lowest BCUT2D eigenvalue weighted by Gasteiger charge is -2.35. The Balaban J connectivity index is 1.50. The molecule has 3 aromatic carbocycles. The summed E-state index contributed by atoms with van der Waals surface area (Å²) in [5.41, 5.74) is 4.43. The third-order valence-corrected chi connectivity index (χ3v) is 7.00. The normalized spacial score (nSPS) is 14.6. The number of nitrogens with one attached hydrogen (secondary N) is 1. The van der Waals surface area contributed by atoms with Crippen LogP contribution in [0, 0.1) is 17.0 Å². The Morgan fingerprint density at radius 3 is 2.36 bits per heavy atom. The van der Waals surface area contributed by atoms with Crippen LogP contribution >= 0.6 is 0 Å². The van der Waals surface area contributed by atoms with Gasteiger partial charge in [0.15, 0.2) is 0 Å². The highest BCUT2D eigenvalue weighted by atomic mass is 16.6. The number of methoxy groups -OCH3 is 1. The van der Waals surface area contributed by atoms with Crippen molar-refractivity contribution in [3.63, 3.8) is 0 Å². The maximum atomic E-state index is 13.0. The zero-order valence-electron chi connectivity index (χ0n) is 21.3. The highest BCUT2D eigenvalue weighted by Crippen LogP contribution is 2.36. The van der Waals surface area contributed by atoms with Gasteiger partial charge in [-0.3, -0.25) is 14.9 Å². The number of rotatable bonds is 7. The summed E-state index contributed by atoms with van der Waals surface area (Å²) in [5, 5.41) is 14.5. The number of ether oxygens (including phenoxy) is 1. The summed E-state index contributed by atoms with van der Waals surface area (Å²) >= 11 is 0. The predicted octanol–water partition coefficient (Wildman–Crippen LogP) is 6.42. The minimum atomic E-state index is -0.378. The minimum absolute atomic E-state index is 0.0530. The second-order valence-corrected chi connectivity index (χ2v) is 9.67. The lowest BCUT2D eigenvalue weighted by atomic mass is 9.88. The van der Waals surface area contributed by atoms with Crippen molar-refractivity contribution < 1.29 is 14.5 Å². The molecule has 0 unspecified atom stereocenters. The molecule has 0 spiro atoms. The van der Waals surface area contributed by atoms with Gasteiger partial charge in [-0.15, -0.1) is 0 Å². The van der Waals surface area contributed by atoms with Gasteiger partial charge in [0.05, 0.1) is 17.6 Å². The molecular formula is C29H33N3O4. The van der Waals surface area contributed by atoms with E-state index in [1.807, 2.05) is 31.2 Å². The third kappa shape index (κ3) is 5.57. The molecule has 1 aliphatic rings. The van der Waals surface area contributed by atoms with Crippen molar-refractivity contribution in [1.29, 1.82) is 0 Å². The Labute approximate surface area is 212 Å². The van der Waals surface area contributed by atoms with Gasteiger partial charge in [0.25, 0.3) is 11.6 Å². The number of amides is 1. The van der Waals surface area contributed by atoms with Gasteiger partial charge < -0.3 is 15.0 Å². The van der Waals surface area contributed by atoms with Crippen molar-refractivity contribution in [2.45, 2.75) is 45.6 Å². The highest BCUT2D eigenvalue weighted by molar-refractivity contribution is 6.04. The van der Waals surface area contributed by atoms with Crippen molar-refractivity contribution >= 4 is 17.3 Å². The molecule has 188 valence electrons. The summed E-state index contributed by atoms with van der Waals surface area (Å²) in [5.74, 6) is 1.00. The van der Waals surface area contributed by atoms with Gasteiger partial charge in [0.2, 0.25) is 0 Å². The molecule has 0 atom stereocenters. The van der Waals surface area contributed by atoms with Crippen molar-refractivity contribution in [2.75, 3.05) is 25.5 Å². The molecule has 0 radical (unpaired) electrons. The van der Waals surface area contributed by atoms with Crippen LogP contribution in [-0.2, 0) is 0 Å². The summed E-state index contributed by atoms with van der Waals surface area (Å²) < 4.78 is 5.63. The lowest BCUT2D eigenvalue weighted by Crippen LogP contribution is -2.37. The summed E-state index contributed by atoms with van der Waals surface area (Å²) in [6, 6.07) is 18.4. The minimum Gasteiger partial charge on any atom is -0.496 e. The molecule has 0 saturated carbocycles. The zero-order chi connectivity index (χ0) is 25.8. The van der Waals surface area contributed by atoms with Crippen LogP contribution in [0.3, 0.4) is 0 Å². The number of nitro groups is 1. The number of nitrogens with zero attached hydrogens (tertiary/aromatic N) is 2. The Kier molecular flexibility index (Phi) is 7.70. The molecule has 1 aliphatic heterocycles. The topological polar surface area (TPSA) is 84.7 Å². The molecule has 0 aliphatic carbocycles. The van der Waals surface area contributed by atoms with Crippen molar-refractivity contribution in [3.8, 4) is 16.9 Å². The van der Waals surface area contributed by atoms with E-state index in [4.69, 9.17) is 4.74 Å². The van der Waals surface area contributed by atoms with Crippen molar-refractivity contribution in [3.05, 3.63) is 87.5 Å². The fourth-order valence-electron chi connectivity index (χ4n) is 4.90. The fraction of sp³-hybridized carbons (Fsp3) is 0.345. The van der Waals surface area contributed by atoms with E-state index < -0.39 is 0 Å². The van der Waals surface area contributed by atoms with Crippen LogP contribution in [0.15, 0.2) is 60.7 Å². The number of hydrogen-bond acceptors (Lipinski definition) is 5. The van der Waals surface area contributed by atoms with Crippen LogP contribution in [-0.4, -0.2) is 42.0 Å². The van der Waals surface area contributed by atoms with Crippen LogP contribution in [0.5, 0.6) is 5.75 Å². The van der Waals surface area contributed by atoms with Crippen LogP contribution in [0.4, 0.5) is 11.4 Å². The smallest absolute Gasteiger partial charge is 0.277 e. The van der Waals surface area contributed by atoms with Gasteiger partial charge in [-0.25, -0.2) is 0 Å². The summed E-state index contributed by atoms with van der Waals surface area (Å²) in [6.45, 7) is 8.38. The number of carbonyl (C=O) groups is 1. The Bertz CT molecular complexity index is 1250. The van der Waals surface area contributed by atoms with Crippen LogP contribution < -0.4 is 10.1 Å². The average molecular weight is 488 g/mol. The predicted molar refractivity (Wildman–Crippen MR) is 143 cm³/mol. The molecular weight excluding hydrogens is 454 g/mol. The van der Waals surface area contributed by atoms with Gasteiger partial charge in [-0.1, -0.05) is 18.2 Å². The summed E-state index contributed by atoms with van der Waals surface area (Å²) in [6.07, 6.45) is 2.11. The van der Waals surface area contributed by atoms with E-state index in [1.54, 1.807) is 43.5 Å². The van der Waals surface area contributed by atoms with Gasteiger partial charge in [-0.05, 0) is 106 Å². The maximum Gasteiger partial charge on any atom is 0.277 e. The van der Waals surface area contributed by atoms with E-state index in [2.05, 4.69) is 24.1 Å². The average Bonchev–Trinajstić information content (AvgIpc) is 2.88. The van der Waals surface area contributed by atoms with Crippen molar-refractivity contribution in [2.24, 2.45) is 0 Å². The van der Waals surface area contributed by atoms with Crippen molar-refractivity contribution in [1.82, 2.24) is 4.90 Å². The van der Waals surface area contributed by atoms with E-state index in [1.165, 1.54) is 0 Å². The Morgan fingerprint density at radius 1 is 1.06 bits per heavy atom. The molecule has 0 bridgehead atoms. The number of carbonyl (C=O) groups excluding carboxylic acids is 1. The molecule has 4 rings (SSSR count). The fourth-order valence-corrected chi connectivity index (χ4v) is 4.90.